The summed E-state index contributed by atoms with van der Waals surface area (Å²) < 4.78 is 10.1. The topological polar surface area (TPSA) is 17.1 Å². The molecule has 0 spiro atoms. The van der Waals surface area contributed by atoms with Crippen LogP contribution >= 0.6 is 0 Å². The Morgan fingerprint density at radius 2 is 1.50 bits per heavy atom. The molecule has 8 heavy (non-hydrogen) atoms. The van der Waals surface area contributed by atoms with Gasteiger partial charge in [0.05, 0.1) is 10.8 Å². The van der Waals surface area contributed by atoms with Gasteiger partial charge in [0.1, 0.15) is 0 Å². The van der Waals surface area contributed by atoms with Crippen LogP contribution in [0.5, 0.6) is 0 Å². The van der Waals surface area contributed by atoms with Crippen LogP contribution in [0.25, 0.3) is 0 Å². The quantitative estimate of drug-likeness (QED) is 0.361. The minimum absolute atomic E-state index is 0. The molecule has 0 aromatic heterocycles. The van der Waals surface area contributed by atoms with Gasteiger partial charge in [0.15, 0.2) is 0 Å². The maximum absolute atomic E-state index is 10.1. The van der Waals surface area contributed by atoms with E-state index in [1.807, 2.05) is 0 Å². The Bertz CT molecular complexity index is 89.3. The van der Waals surface area contributed by atoms with Crippen LogP contribution in [-0.4, -0.2) is 4.21 Å². The van der Waals surface area contributed by atoms with E-state index in [4.69, 9.17) is 0 Å². The van der Waals surface area contributed by atoms with Crippen molar-refractivity contribution in [3.8, 4) is 0 Å². The Balaban J connectivity index is -0.0000000208. The molecule has 0 amide bonds. The van der Waals surface area contributed by atoms with E-state index < -0.39 is 10.8 Å². The van der Waals surface area contributed by atoms with Crippen LogP contribution in [0.1, 0.15) is 2.85 Å². The average molecular weight is 150 g/mol. The van der Waals surface area contributed by atoms with Crippen LogP contribution in [0.4, 0.5) is 0 Å². The molecule has 0 atom stereocenters. The summed E-state index contributed by atoms with van der Waals surface area (Å²) in [5.41, 5.74) is 0. The Morgan fingerprint density at radius 1 is 1.25 bits per heavy atom. The Labute approximate surface area is 99.6 Å². The molecule has 0 radical (unpaired) electrons. The van der Waals surface area contributed by atoms with Crippen molar-refractivity contribution in [1.82, 2.24) is 0 Å². The summed E-state index contributed by atoms with van der Waals surface area (Å²) in [6.45, 7) is 6.52. The molecule has 0 saturated carbocycles. The van der Waals surface area contributed by atoms with Crippen LogP contribution in [0.2, 0.25) is 0 Å². The van der Waals surface area contributed by atoms with E-state index in [-0.39, 0.29) is 62.0 Å². The number of rotatable bonds is 2. The molecule has 0 aliphatic rings. The van der Waals surface area contributed by atoms with Gasteiger partial charge in [-0.25, -0.2) is 0 Å². The zero-order chi connectivity index (χ0) is 4.99. The molecule has 0 fully saturated rings. The van der Waals surface area contributed by atoms with Gasteiger partial charge >= 0.3 is 59.1 Å². The van der Waals surface area contributed by atoms with Crippen molar-refractivity contribution in [2.45, 2.75) is 0 Å². The second-order valence-corrected chi connectivity index (χ2v) is 1.99. The van der Waals surface area contributed by atoms with Gasteiger partial charge < -0.3 is 2.85 Å². The molecular formula is C4H8Na2OS. The van der Waals surface area contributed by atoms with Crippen LogP contribution < -0.4 is 59.1 Å². The van der Waals surface area contributed by atoms with E-state index in [2.05, 4.69) is 13.2 Å². The summed E-state index contributed by atoms with van der Waals surface area (Å²) in [6, 6.07) is 0. The van der Waals surface area contributed by atoms with E-state index >= 15 is 0 Å². The van der Waals surface area contributed by atoms with Crippen molar-refractivity contribution in [1.29, 1.82) is 0 Å². The third kappa shape index (κ3) is 10.6. The standard InChI is InChI=1S/C4H6OS.2Na.2H/c1-3-6(5)4-2;;;;/h3-4H,1-2H2;;;;/q;2*+1;2*-1. The summed E-state index contributed by atoms with van der Waals surface area (Å²) >= 11 is 0. The second kappa shape index (κ2) is 11.4. The van der Waals surface area contributed by atoms with Crippen LogP contribution in [-0.2, 0) is 10.8 Å². The van der Waals surface area contributed by atoms with Crippen molar-refractivity contribution >= 4 is 10.8 Å². The summed E-state index contributed by atoms with van der Waals surface area (Å²) in [5, 5.41) is 2.65. The maximum atomic E-state index is 10.1. The normalized spacial score (nSPS) is 6.12. The summed E-state index contributed by atoms with van der Waals surface area (Å²) in [4.78, 5) is 0. The minimum atomic E-state index is -1.01. The molecule has 4 heteroatoms. The Morgan fingerprint density at radius 3 is 1.50 bits per heavy atom. The third-order valence-corrected chi connectivity index (χ3v) is 0.986. The molecule has 0 unspecified atom stereocenters. The Kier molecular flexibility index (Phi) is 23.3. The molecule has 0 heterocycles. The van der Waals surface area contributed by atoms with Gasteiger partial charge in [-0.15, -0.1) is 0 Å². The summed E-state index contributed by atoms with van der Waals surface area (Å²) in [7, 11) is -1.01. The van der Waals surface area contributed by atoms with Gasteiger partial charge in [0, 0.05) is 0 Å². The summed E-state index contributed by atoms with van der Waals surface area (Å²) in [5.74, 6) is 0. The number of hydrogen-bond donors (Lipinski definition) is 0. The molecule has 0 bridgehead atoms. The predicted molar refractivity (Wildman–Crippen MR) is 30.8 cm³/mol. The van der Waals surface area contributed by atoms with E-state index in [0.717, 1.165) is 0 Å². The van der Waals surface area contributed by atoms with Gasteiger partial charge in [-0.2, -0.15) is 0 Å². The number of hydrogen-bond acceptors (Lipinski definition) is 1. The first-order valence-corrected chi connectivity index (χ1v) is 2.73. The molecule has 0 saturated heterocycles. The molecule has 0 aliphatic carbocycles. The van der Waals surface area contributed by atoms with Crippen LogP contribution in [0.3, 0.4) is 0 Å². The predicted octanol–water partition coefficient (Wildman–Crippen LogP) is -4.74. The van der Waals surface area contributed by atoms with Crippen molar-refractivity contribution in [3.63, 3.8) is 0 Å². The van der Waals surface area contributed by atoms with Crippen molar-refractivity contribution in [3.05, 3.63) is 24.0 Å². The SMILES string of the molecule is C=CS(=O)C=C.[H-].[H-].[Na+].[Na+]. The zero-order valence-corrected chi connectivity index (χ0v) is 10.2. The first-order chi connectivity index (χ1) is 2.81. The molecule has 1 nitrogen and oxygen atoms in total. The maximum Gasteiger partial charge on any atom is 1.00 e. The smallest absolute Gasteiger partial charge is 1.00 e. The molecule has 38 valence electrons. The Hall–Kier alpha value is 1.63. The monoisotopic (exact) mass is 150 g/mol. The zero-order valence-electron chi connectivity index (χ0n) is 7.39. The van der Waals surface area contributed by atoms with Gasteiger partial charge in [-0.1, -0.05) is 13.2 Å². The fourth-order valence-corrected chi connectivity index (χ4v) is 0.204. The first-order valence-electron chi connectivity index (χ1n) is 1.45. The fraction of sp³-hybridized carbons (Fsp3) is 0. The minimum Gasteiger partial charge on any atom is -1.00 e. The van der Waals surface area contributed by atoms with Crippen LogP contribution in [0, 0.1) is 0 Å². The van der Waals surface area contributed by atoms with Crippen molar-refractivity contribution in [2.24, 2.45) is 0 Å². The second-order valence-electron chi connectivity index (χ2n) is 0.662. The van der Waals surface area contributed by atoms with E-state index in [1.165, 1.54) is 10.8 Å². The molecule has 0 N–H and O–H groups in total. The van der Waals surface area contributed by atoms with Crippen molar-refractivity contribution in [2.75, 3.05) is 0 Å². The van der Waals surface area contributed by atoms with E-state index in [0.29, 0.717) is 0 Å². The molecule has 0 rings (SSSR count). The van der Waals surface area contributed by atoms with Gasteiger partial charge in [-0.3, -0.25) is 4.21 Å². The molecule has 0 aliphatic heterocycles. The first kappa shape index (κ1) is 16.3. The van der Waals surface area contributed by atoms with E-state index in [9.17, 15) is 4.21 Å². The fourth-order valence-electron chi connectivity index (χ4n) is 0.0680. The summed E-state index contributed by atoms with van der Waals surface area (Å²) in [6.07, 6.45) is 0. The van der Waals surface area contributed by atoms with E-state index in [1.54, 1.807) is 0 Å². The van der Waals surface area contributed by atoms with Gasteiger partial charge in [-0.05, 0) is 10.8 Å². The largest absolute Gasteiger partial charge is 1.00 e. The molecule has 0 aromatic rings. The van der Waals surface area contributed by atoms with Crippen LogP contribution in [0.15, 0.2) is 24.0 Å². The van der Waals surface area contributed by atoms with Crippen molar-refractivity contribution < 1.29 is 66.2 Å². The third-order valence-electron chi connectivity index (χ3n) is 0.329. The average Bonchev–Trinajstić information content (AvgIpc) is 1.65. The molecule has 0 aromatic carbocycles. The van der Waals surface area contributed by atoms with Gasteiger partial charge in [0.25, 0.3) is 0 Å². The van der Waals surface area contributed by atoms with Gasteiger partial charge in [0.2, 0.25) is 0 Å². The molecular weight excluding hydrogens is 142 g/mol.